The molecule has 1 amide bonds. The van der Waals surface area contributed by atoms with Crippen molar-refractivity contribution in [1.29, 1.82) is 0 Å². The number of carbonyl (C=O) groups is 1. The molecule has 1 aliphatic heterocycles. The standard InChI is InChI=1S/C17H28N4O/c1-14-18-8-12-19(14)10-4-11-20-9-3-5-17(20)13-21(15(2)22)16-6-7-16/h8,12,16-17H,3-7,9-11,13H2,1-2H3. The second kappa shape index (κ2) is 6.82. The lowest BCUT2D eigenvalue weighted by Crippen LogP contribution is -2.43. The molecule has 0 radical (unpaired) electrons. The van der Waals surface area contributed by atoms with Crippen LogP contribution in [0.25, 0.3) is 0 Å². The topological polar surface area (TPSA) is 41.4 Å². The number of aromatic nitrogens is 2. The van der Waals surface area contributed by atoms with Gasteiger partial charge in [0.1, 0.15) is 5.82 Å². The minimum atomic E-state index is 0.253. The summed E-state index contributed by atoms with van der Waals surface area (Å²) in [7, 11) is 0. The normalized spacial score (nSPS) is 22.2. The molecule has 1 saturated carbocycles. The average Bonchev–Trinajstić information content (AvgIpc) is 3.10. The molecule has 1 atom stereocenters. The number of nitrogens with zero attached hydrogens (tertiary/aromatic N) is 4. The molecule has 0 spiro atoms. The van der Waals surface area contributed by atoms with Crippen LogP contribution in [0.5, 0.6) is 0 Å². The molecule has 2 heterocycles. The Morgan fingerprint density at radius 2 is 2.18 bits per heavy atom. The van der Waals surface area contributed by atoms with Gasteiger partial charge in [-0.1, -0.05) is 0 Å². The molecule has 1 aliphatic carbocycles. The van der Waals surface area contributed by atoms with E-state index < -0.39 is 0 Å². The van der Waals surface area contributed by atoms with Crippen LogP contribution in [0.4, 0.5) is 0 Å². The Bertz CT molecular complexity index is 509. The maximum absolute atomic E-state index is 11.8. The van der Waals surface area contributed by atoms with Gasteiger partial charge >= 0.3 is 0 Å². The van der Waals surface area contributed by atoms with Crippen LogP contribution in [-0.2, 0) is 11.3 Å². The molecule has 2 aliphatic rings. The highest BCUT2D eigenvalue weighted by atomic mass is 16.2. The fraction of sp³-hybridized carbons (Fsp3) is 0.765. The van der Waals surface area contributed by atoms with Crippen molar-refractivity contribution in [2.24, 2.45) is 0 Å². The summed E-state index contributed by atoms with van der Waals surface area (Å²) in [5.41, 5.74) is 0. The van der Waals surface area contributed by atoms with Gasteiger partial charge in [-0.25, -0.2) is 4.98 Å². The van der Waals surface area contributed by atoms with E-state index in [1.54, 1.807) is 6.92 Å². The second-order valence-electron chi connectivity index (χ2n) is 6.76. The van der Waals surface area contributed by atoms with Crippen molar-refractivity contribution < 1.29 is 4.79 Å². The summed E-state index contributed by atoms with van der Waals surface area (Å²) in [5, 5.41) is 0. The van der Waals surface area contributed by atoms with Gasteiger partial charge < -0.3 is 9.47 Å². The Balaban J connectivity index is 1.48. The number of hydrogen-bond donors (Lipinski definition) is 0. The Hall–Kier alpha value is -1.36. The molecule has 1 unspecified atom stereocenters. The summed E-state index contributed by atoms with van der Waals surface area (Å²) in [6, 6.07) is 1.10. The van der Waals surface area contributed by atoms with Gasteiger partial charge in [0.2, 0.25) is 5.91 Å². The number of hydrogen-bond acceptors (Lipinski definition) is 3. The van der Waals surface area contributed by atoms with Gasteiger partial charge in [0, 0.05) is 51.0 Å². The van der Waals surface area contributed by atoms with Gasteiger partial charge in [-0.15, -0.1) is 0 Å². The van der Waals surface area contributed by atoms with E-state index >= 15 is 0 Å². The van der Waals surface area contributed by atoms with Crippen LogP contribution in [0.2, 0.25) is 0 Å². The monoisotopic (exact) mass is 304 g/mol. The van der Waals surface area contributed by atoms with Crippen LogP contribution in [0.3, 0.4) is 0 Å². The molecule has 22 heavy (non-hydrogen) atoms. The van der Waals surface area contributed by atoms with Gasteiger partial charge in [0.05, 0.1) is 0 Å². The molecule has 0 bridgehead atoms. The predicted molar refractivity (Wildman–Crippen MR) is 86.6 cm³/mol. The van der Waals surface area contributed by atoms with Crippen LogP contribution in [0, 0.1) is 6.92 Å². The van der Waals surface area contributed by atoms with Crippen LogP contribution in [0.15, 0.2) is 12.4 Å². The van der Waals surface area contributed by atoms with Crippen LogP contribution >= 0.6 is 0 Å². The third-order valence-corrected chi connectivity index (χ3v) is 5.07. The highest BCUT2D eigenvalue weighted by molar-refractivity contribution is 5.74. The van der Waals surface area contributed by atoms with Gasteiger partial charge in [-0.2, -0.15) is 0 Å². The molecule has 122 valence electrons. The summed E-state index contributed by atoms with van der Waals surface area (Å²) < 4.78 is 2.22. The van der Waals surface area contributed by atoms with E-state index in [2.05, 4.69) is 32.5 Å². The maximum Gasteiger partial charge on any atom is 0.219 e. The first-order chi connectivity index (χ1) is 10.6. The van der Waals surface area contributed by atoms with E-state index in [0.717, 1.165) is 31.9 Å². The molecule has 0 aromatic carbocycles. The van der Waals surface area contributed by atoms with E-state index in [0.29, 0.717) is 12.1 Å². The fourth-order valence-electron chi connectivity index (χ4n) is 3.63. The summed E-state index contributed by atoms with van der Waals surface area (Å²) in [6.45, 7) is 8.05. The Labute approximate surface area is 133 Å². The van der Waals surface area contributed by atoms with E-state index in [1.807, 2.05) is 6.20 Å². The summed E-state index contributed by atoms with van der Waals surface area (Å²) in [4.78, 5) is 20.8. The number of likely N-dealkylation sites (tertiary alicyclic amines) is 1. The largest absolute Gasteiger partial charge is 0.338 e. The van der Waals surface area contributed by atoms with E-state index in [1.165, 1.54) is 32.2 Å². The Morgan fingerprint density at radius 1 is 1.36 bits per heavy atom. The highest BCUT2D eigenvalue weighted by Crippen LogP contribution is 2.29. The Morgan fingerprint density at radius 3 is 2.82 bits per heavy atom. The van der Waals surface area contributed by atoms with Gasteiger partial charge in [0.15, 0.2) is 0 Å². The zero-order chi connectivity index (χ0) is 15.5. The lowest BCUT2D eigenvalue weighted by molar-refractivity contribution is -0.130. The highest BCUT2D eigenvalue weighted by Gasteiger charge is 2.34. The van der Waals surface area contributed by atoms with Gasteiger partial charge in [-0.05, 0) is 45.6 Å². The summed E-state index contributed by atoms with van der Waals surface area (Å²) in [6.07, 6.45) is 9.98. The minimum Gasteiger partial charge on any atom is -0.338 e. The lowest BCUT2D eigenvalue weighted by atomic mass is 10.2. The summed E-state index contributed by atoms with van der Waals surface area (Å²) in [5.74, 6) is 1.35. The van der Waals surface area contributed by atoms with E-state index in [9.17, 15) is 4.79 Å². The Kier molecular flexibility index (Phi) is 4.81. The van der Waals surface area contributed by atoms with Crippen LogP contribution < -0.4 is 0 Å². The molecule has 1 saturated heterocycles. The third kappa shape index (κ3) is 3.69. The molecule has 2 fully saturated rings. The van der Waals surface area contributed by atoms with Crippen molar-refractivity contribution in [1.82, 2.24) is 19.4 Å². The molecule has 0 N–H and O–H groups in total. The third-order valence-electron chi connectivity index (χ3n) is 5.07. The molecular formula is C17H28N4O. The number of amides is 1. The van der Waals surface area contributed by atoms with Crippen LogP contribution in [-0.4, -0.2) is 57.0 Å². The zero-order valence-corrected chi connectivity index (χ0v) is 13.9. The zero-order valence-electron chi connectivity index (χ0n) is 13.9. The molecule has 1 aromatic heterocycles. The molecule has 5 heteroatoms. The number of imidazole rings is 1. The van der Waals surface area contributed by atoms with Crippen molar-refractivity contribution in [3.63, 3.8) is 0 Å². The first kappa shape index (κ1) is 15.5. The summed E-state index contributed by atoms with van der Waals surface area (Å²) >= 11 is 0. The number of rotatable bonds is 7. The minimum absolute atomic E-state index is 0.253. The fourth-order valence-corrected chi connectivity index (χ4v) is 3.63. The second-order valence-corrected chi connectivity index (χ2v) is 6.76. The van der Waals surface area contributed by atoms with Crippen molar-refractivity contribution in [3.8, 4) is 0 Å². The van der Waals surface area contributed by atoms with Crippen molar-refractivity contribution >= 4 is 5.91 Å². The maximum atomic E-state index is 11.8. The van der Waals surface area contributed by atoms with Crippen molar-refractivity contribution in [2.45, 2.75) is 64.6 Å². The molecule has 3 rings (SSSR count). The predicted octanol–water partition coefficient (Wildman–Crippen LogP) is 2.06. The van der Waals surface area contributed by atoms with Crippen molar-refractivity contribution in [2.75, 3.05) is 19.6 Å². The molecule has 5 nitrogen and oxygen atoms in total. The molecule has 1 aromatic rings. The van der Waals surface area contributed by atoms with E-state index in [-0.39, 0.29) is 5.91 Å². The first-order valence-corrected chi connectivity index (χ1v) is 8.64. The van der Waals surface area contributed by atoms with Gasteiger partial charge in [-0.3, -0.25) is 9.69 Å². The van der Waals surface area contributed by atoms with Crippen molar-refractivity contribution in [3.05, 3.63) is 18.2 Å². The molecular weight excluding hydrogens is 276 g/mol. The van der Waals surface area contributed by atoms with Crippen LogP contribution in [0.1, 0.15) is 44.9 Å². The lowest BCUT2D eigenvalue weighted by Gasteiger charge is -2.30. The van der Waals surface area contributed by atoms with E-state index in [4.69, 9.17) is 0 Å². The number of aryl methyl sites for hydroxylation is 2. The number of carbonyl (C=O) groups excluding carboxylic acids is 1. The average molecular weight is 304 g/mol. The van der Waals surface area contributed by atoms with Gasteiger partial charge in [0.25, 0.3) is 0 Å². The quantitative estimate of drug-likeness (QED) is 0.774. The first-order valence-electron chi connectivity index (χ1n) is 8.64. The SMILES string of the molecule is CC(=O)N(CC1CCCN1CCCn1ccnc1C)C1CC1. The smallest absolute Gasteiger partial charge is 0.219 e.